The fraction of sp³-hybridized carbons (Fsp3) is 0.500. The van der Waals surface area contributed by atoms with Crippen molar-refractivity contribution >= 4 is 11.5 Å². The van der Waals surface area contributed by atoms with Crippen molar-refractivity contribution in [3.8, 4) is 0 Å². The van der Waals surface area contributed by atoms with E-state index >= 15 is 0 Å². The van der Waals surface area contributed by atoms with E-state index in [1.807, 2.05) is 24.7 Å². The lowest BCUT2D eigenvalue weighted by molar-refractivity contribution is -0.385. The van der Waals surface area contributed by atoms with Crippen LogP contribution in [0.4, 0.5) is 11.5 Å². The van der Waals surface area contributed by atoms with Crippen LogP contribution in [0.1, 0.15) is 30.3 Å². The topological polar surface area (TPSA) is 97.3 Å². The second-order valence-electron chi connectivity index (χ2n) is 6.28. The van der Waals surface area contributed by atoms with E-state index in [-0.39, 0.29) is 11.6 Å². The Morgan fingerprint density at radius 2 is 2.25 bits per heavy atom. The number of aryl methyl sites for hydroxylation is 2. The zero-order chi connectivity index (χ0) is 17.3. The van der Waals surface area contributed by atoms with Crippen LogP contribution >= 0.6 is 0 Å². The SMILES string of the molecule is Cc1cc([N+](=O)[O-])cnc1N1CCCC(C(O)c2nccn2C)C1. The molecule has 0 radical (unpaired) electrons. The van der Waals surface area contributed by atoms with Crippen LogP contribution in [-0.2, 0) is 7.05 Å². The minimum Gasteiger partial charge on any atom is -0.385 e. The van der Waals surface area contributed by atoms with Crippen LogP contribution in [0, 0.1) is 23.0 Å². The van der Waals surface area contributed by atoms with Crippen LogP contribution in [0.15, 0.2) is 24.7 Å². The van der Waals surface area contributed by atoms with Gasteiger partial charge < -0.3 is 14.6 Å². The van der Waals surface area contributed by atoms with Crippen LogP contribution in [-0.4, -0.2) is 37.7 Å². The molecule has 2 aromatic heterocycles. The van der Waals surface area contributed by atoms with Gasteiger partial charge in [0.1, 0.15) is 23.9 Å². The molecule has 0 spiro atoms. The number of piperidine rings is 1. The Hall–Kier alpha value is -2.48. The molecule has 2 atom stereocenters. The lowest BCUT2D eigenvalue weighted by Gasteiger charge is -2.36. The Morgan fingerprint density at radius 1 is 1.46 bits per heavy atom. The van der Waals surface area contributed by atoms with Gasteiger partial charge in [0.2, 0.25) is 0 Å². The predicted octanol–water partition coefficient (Wildman–Crippen LogP) is 1.98. The second kappa shape index (κ2) is 6.56. The molecule has 8 heteroatoms. The van der Waals surface area contributed by atoms with E-state index in [4.69, 9.17) is 0 Å². The number of pyridine rings is 1. The highest BCUT2D eigenvalue weighted by Crippen LogP contribution is 2.32. The van der Waals surface area contributed by atoms with Crippen molar-refractivity contribution in [3.05, 3.63) is 46.2 Å². The lowest BCUT2D eigenvalue weighted by Crippen LogP contribution is -2.39. The molecule has 0 amide bonds. The van der Waals surface area contributed by atoms with E-state index in [2.05, 4.69) is 14.9 Å². The first-order valence-corrected chi connectivity index (χ1v) is 7.98. The van der Waals surface area contributed by atoms with E-state index in [1.165, 1.54) is 6.20 Å². The third-order valence-corrected chi connectivity index (χ3v) is 4.57. The van der Waals surface area contributed by atoms with Gasteiger partial charge in [0, 0.05) is 44.5 Å². The number of rotatable bonds is 4. The zero-order valence-electron chi connectivity index (χ0n) is 13.8. The van der Waals surface area contributed by atoms with Gasteiger partial charge in [-0.2, -0.15) is 0 Å². The minimum atomic E-state index is -0.633. The average molecular weight is 331 g/mol. The number of imidazole rings is 1. The Kier molecular flexibility index (Phi) is 4.48. The Balaban J connectivity index is 1.78. The molecule has 1 fully saturated rings. The molecule has 1 saturated heterocycles. The molecule has 3 rings (SSSR count). The van der Waals surface area contributed by atoms with Crippen molar-refractivity contribution in [2.24, 2.45) is 13.0 Å². The standard InChI is InChI=1S/C16H21N5O3/c1-11-8-13(21(23)24)9-18-15(11)20-6-3-4-12(10-20)14(22)16-17-5-7-19(16)2/h5,7-9,12,14,22H,3-4,6,10H2,1-2H3. The van der Waals surface area contributed by atoms with E-state index in [0.717, 1.165) is 30.8 Å². The van der Waals surface area contributed by atoms with Crippen molar-refractivity contribution < 1.29 is 10.0 Å². The van der Waals surface area contributed by atoms with Crippen molar-refractivity contribution in [1.29, 1.82) is 0 Å². The Bertz CT molecular complexity index is 745. The lowest BCUT2D eigenvalue weighted by atomic mass is 9.91. The predicted molar refractivity (Wildman–Crippen MR) is 88.7 cm³/mol. The Labute approximate surface area is 139 Å². The zero-order valence-corrected chi connectivity index (χ0v) is 13.8. The van der Waals surface area contributed by atoms with Crippen LogP contribution in [0.2, 0.25) is 0 Å². The number of anilines is 1. The number of hydrogen-bond donors (Lipinski definition) is 1. The number of aliphatic hydroxyl groups excluding tert-OH is 1. The third kappa shape index (κ3) is 3.09. The van der Waals surface area contributed by atoms with Crippen molar-refractivity contribution in [2.75, 3.05) is 18.0 Å². The molecule has 128 valence electrons. The molecule has 24 heavy (non-hydrogen) atoms. The van der Waals surface area contributed by atoms with Crippen molar-refractivity contribution in [1.82, 2.24) is 14.5 Å². The summed E-state index contributed by atoms with van der Waals surface area (Å²) in [6.45, 7) is 3.31. The quantitative estimate of drug-likeness (QED) is 0.679. The minimum absolute atomic E-state index is 0.00199. The van der Waals surface area contributed by atoms with Gasteiger partial charge in [-0.3, -0.25) is 10.1 Å². The molecule has 8 nitrogen and oxygen atoms in total. The van der Waals surface area contributed by atoms with Gasteiger partial charge in [-0.15, -0.1) is 0 Å². The molecule has 1 aliphatic heterocycles. The molecule has 3 heterocycles. The maximum Gasteiger partial charge on any atom is 0.287 e. The van der Waals surface area contributed by atoms with Crippen LogP contribution < -0.4 is 4.90 Å². The molecule has 0 saturated carbocycles. The molecule has 0 aliphatic carbocycles. The number of hydrogen-bond acceptors (Lipinski definition) is 6. The first-order valence-electron chi connectivity index (χ1n) is 7.98. The number of aliphatic hydroxyl groups is 1. The van der Waals surface area contributed by atoms with Gasteiger partial charge in [0.25, 0.3) is 5.69 Å². The van der Waals surface area contributed by atoms with E-state index < -0.39 is 11.0 Å². The monoisotopic (exact) mass is 331 g/mol. The normalized spacial score (nSPS) is 19.3. The van der Waals surface area contributed by atoms with Gasteiger partial charge in [0.15, 0.2) is 0 Å². The maximum atomic E-state index is 10.9. The summed E-state index contributed by atoms with van der Waals surface area (Å²) in [7, 11) is 1.87. The first-order chi connectivity index (χ1) is 11.5. The molecular formula is C16H21N5O3. The number of aromatic nitrogens is 3. The third-order valence-electron chi connectivity index (χ3n) is 4.57. The van der Waals surface area contributed by atoms with Gasteiger partial charge >= 0.3 is 0 Å². The molecule has 0 bridgehead atoms. The molecule has 1 aliphatic rings. The molecule has 2 unspecified atom stereocenters. The van der Waals surface area contributed by atoms with E-state index in [0.29, 0.717) is 12.4 Å². The summed E-state index contributed by atoms with van der Waals surface area (Å²) in [5.74, 6) is 1.46. The molecule has 0 aromatic carbocycles. The van der Waals surface area contributed by atoms with Crippen LogP contribution in [0.25, 0.3) is 0 Å². The van der Waals surface area contributed by atoms with Crippen molar-refractivity contribution in [3.63, 3.8) is 0 Å². The highest BCUT2D eigenvalue weighted by molar-refractivity contribution is 5.50. The summed E-state index contributed by atoms with van der Waals surface area (Å²) in [5.41, 5.74) is 0.772. The summed E-state index contributed by atoms with van der Waals surface area (Å²) in [6.07, 6.45) is 6.01. The van der Waals surface area contributed by atoms with E-state index in [1.54, 1.807) is 12.3 Å². The summed E-state index contributed by atoms with van der Waals surface area (Å²) >= 11 is 0. The molecular weight excluding hydrogens is 310 g/mol. The van der Waals surface area contributed by atoms with Crippen LogP contribution in [0.5, 0.6) is 0 Å². The average Bonchev–Trinajstić information content (AvgIpc) is 3.00. The highest BCUT2D eigenvalue weighted by Gasteiger charge is 2.30. The maximum absolute atomic E-state index is 10.9. The summed E-state index contributed by atoms with van der Waals surface area (Å²) < 4.78 is 1.83. The van der Waals surface area contributed by atoms with Gasteiger partial charge in [-0.05, 0) is 25.3 Å². The van der Waals surface area contributed by atoms with Gasteiger partial charge in [-0.1, -0.05) is 0 Å². The number of nitrogens with zero attached hydrogens (tertiary/aromatic N) is 5. The largest absolute Gasteiger partial charge is 0.385 e. The van der Waals surface area contributed by atoms with Crippen LogP contribution in [0.3, 0.4) is 0 Å². The fourth-order valence-corrected chi connectivity index (χ4v) is 3.32. The first kappa shape index (κ1) is 16.4. The second-order valence-corrected chi connectivity index (χ2v) is 6.28. The molecule has 2 aromatic rings. The summed E-state index contributed by atoms with van der Waals surface area (Å²) in [5, 5.41) is 21.5. The van der Waals surface area contributed by atoms with Gasteiger partial charge in [0.05, 0.1) is 4.92 Å². The Morgan fingerprint density at radius 3 is 2.88 bits per heavy atom. The fourth-order valence-electron chi connectivity index (χ4n) is 3.32. The molecule has 1 N–H and O–H groups in total. The summed E-state index contributed by atoms with van der Waals surface area (Å²) in [4.78, 5) is 21.0. The van der Waals surface area contributed by atoms with E-state index in [9.17, 15) is 15.2 Å². The highest BCUT2D eigenvalue weighted by atomic mass is 16.6. The van der Waals surface area contributed by atoms with Gasteiger partial charge in [-0.25, -0.2) is 9.97 Å². The smallest absolute Gasteiger partial charge is 0.287 e. The van der Waals surface area contributed by atoms with Crippen molar-refractivity contribution in [2.45, 2.75) is 25.9 Å². The summed E-state index contributed by atoms with van der Waals surface area (Å²) in [6, 6.07) is 1.54. The number of nitro groups is 1.